The number of sulfone groups is 1. The van der Waals surface area contributed by atoms with Crippen LogP contribution in [0.1, 0.15) is 12.8 Å². The van der Waals surface area contributed by atoms with Gasteiger partial charge >= 0.3 is 0 Å². The van der Waals surface area contributed by atoms with E-state index >= 15 is 0 Å². The molecule has 4 rings (SSSR count). The lowest BCUT2D eigenvalue weighted by molar-refractivity contribution is -0.133. The Kier molecular flexibility index (Phi) is 6.61. The molecule has 1 saturated heterocycles. The van der Waals surface area contributed by atoms with Crippen LogP contribution in [0.3, 0.4) is 0 Å². The molecule has 2 heterocycles. The average Bonchev–Trinajstić information content (AvgIpc) is 3.19. The number of amides is 2. The van der Waals surface area contributed by atoms with Gasteiger partial charge in [0.1, 0.15) is 5.82 Å². The van der Waals surface area contributed by atoms with Gasteiger partial charge < -0.3 is 15.1 Å². The predicted octanol–water partition coefficient (Wildman–Crippen LogP) is 2.91. The second-order valence-electron chi connectivity index (χ2n) is 7.81. The third kappa shape index (κ3) is 5.66. The number of aromatic nitrogens is 1. The molecule has 33 heavy (non-hydrogen) atoms. The van der Waals surface area contributed by atoms with Crippen molar-refractivity contribution >= 4 is 54.0 Å². The highest BCUT2D eigenvalue weighted by Gasteiger charge is 2.22. The number of nitrogens with zero attached hydrogens (tertiary/aromatic N) is 3. The Labute approximate surface area is 194 Å². The van der Waals surface area contributed by atoms with Crippen LogP contribution < -0.4 is 10.2 Å². The number of halogens is 1. The fourth-order valence-corrected chi connectivity index (χ4v) is 5.26. The molecule has 0 radical (unpaired) electrons. The van der Waals surface area contributed by atoms with Gasteiger partial charge in [-0.3, -0.25) is 9.59 Å². The van der Waals surface area contributed by atoms with E-state index in [2.05, 4.69) is 15.2 Å². The van der Waals surface area contributed by atoms with Crippen molar-refractivity contribution in [1.29, 1.82) is 0 Å². The number of benzene rings is 2. The van der Waals surface area contributed by atoms with E-state index < -0.39 is 9.84 Å². The Balaban J connectivity index is 1.27. The molecule has 0 aliphatic carbocycles. The first-order valence-corrected chi connectivity index (χ1v) is 13.1. The quantitative estimate of drug-likeness (QED) is 0.570. The van der Waals surface area contributed by atoms with Gasteiger partial charge in [0, 0.05) is 51.0 Å². The molecular weight excluding hydrogens is 467 g/mol. The Morgan fingerprint density at radius 3 is 2.42 bits per heavy atom. The lowest BCUT2D eigenvalue weighted by Gasteiger charge is -2.36. The van der Waals surface area contributed by atoms with E-state index in [9.17, 15) is 22.4 Å². The molecule has 11 heteroatoms. The van der Waals surface area contributed by atoms with E-state index in [0.29, 0.717) is 41.5 Å². The lowest BCUT2D eigenvalue weighted by atomic mass is 10.2. The van der Waals surface area contributed by atoms with E-state index in [1.165, 1.54) is 35.6 Å². The molecule has 1 fully saturated rings. The summed E-state index contributed by atoms with van der Waals surface area (Å²) in [4.78, 5) is 33.2. The van der Waals surface area contributed by atoms with Crippen molar-refractivity contribution in [2.45, 2.75) is 17.7 Å². The van der Waals surface area contributed by atoms with E-state index in [1.54, 1.807) is 23.1 Å². The molecule has 0 atom stereocenters. The largest absolute Gasteiger partial charge is 0.368 e. The molecule has 1 aliphatic heterocycles. The second kappa shape index (κ2) is 9.44. The number of rotatable bonds is 6. The first kappa shape index (κ1) is 23.1. The average molecular weight is 491 g/mol. The van der Waals surface area contributed by atoms with Crippen molar-refractivity contribution in [3.63, 3.8) is 0 Å². The maximum Gasteiger partial charge on any atom is 0.226 e. The first-order chi connectivity index (χ1) is 15.7. The fraction of sp³-hybridized carbons (Fsp3) is 0.318. The first-order valence-electron chi connectivity index (χ1n) is 10.4. The van der Waals surface area contributed by atoms with Crippen LogP contribution in [-0.4, -0.2) is 62.6 Å². The normalized spacial score (nSPS) is 14.5. The zero-order chi connectivity index (χ0) is 23.6. The van der Waals surface area contributed by atoms with Gasteiger partial charge in [0.05, 0.1) is 15.1 Å². The molecule has 1 N–H and O–H groups in total. The molecule has 1 aliphatic rings. The Hall–Kier alpha value is -3.05. The lowest BCUT2D eigenvalue weighted by Crippen LogP contribution is -2.48. The highest BCUT2D eigenvalue weighted by atomic mass is 32.2. The summed E-state index contributed by atoms with van der Waals surface area (Å²) >= 11 is 1.19. The summed E-state index contributed by atoms with van der Waals surface area (Å²) in [5.74, 6) is -0.697. The summed E-state index contributed by atoms with van der Waals surface area (Å²) in [6.07, 6.45) is 1.25. The SMILES string of the molecule is CS(=O)(=O)c1ccc2nc(NC(=O)CCC(=O)N3CCN(c4ccc(F)cc4)CC3)sc2c1. The molecule has 3 aromatic rings. The van der Waals surface area contributed by atoms with Gasteiger partial charge in [0.2, 0.25) is 11.8 Å². The monoisotopic (exact) mass is 490 g/mol. The Morgan fingerprint density at radius 1 is 1.06 bits per heavy atom. The molecule has 2 amide bonds. The van der Waals surface area contributed by atoms with Gasteiger partial charge in [-0.15, -0.1) is 0 Å². The van der Waals surface area contributed by atoms with Gasteiger partial charge in [0.15, 0.2) is 15.0 Å². The molecular formula is C22H23FN4O4S2. The number of thiazole rings is 1. The molecule has 2 aromatic carbocycles. The van der Waals surface area contributed by atoms with Gasteiger partial charge in [-0.1, -0.05) is 11.3 Å². The van der Waals surface area contributed by atoms with Gasteiger partial charge in [0.25, 0.3) is 0 Å². The van der Waals surface area contributed by atoms with Crippen LogP contribution in [0.25, 0.3) is 10.2 Å². The van der Waals surface area contributed by atoms with Crippen LogP contribution in [0.15, 0.2) is 47.4 Å². The maximum absolute atomic E-state index is 13.1. The number of nitrogens with one attached hydrogen (secondary N) is 1. The molecule has 0 saturated carbocycles. The van der Waals surface area contributed by atoms with Crippen LogP contribution >= 0.6 is 11.3 Å². The Morgan fingerprint density at radius 2 is 1.76 bits per heavy atom. The molecule has 0 spiro atoms. The topological polar surface area (TPSA) is 99.7 Å². The summed E-state index contributed by atoms with van der Waals surface area (Å²) in [6.45, 7) is 2.37. The summed E-state index contributed by atoms with van der Waals surface area (Å²) in [6, 6.07) is 10.9. The molecule has 174 valence electrons. The minimum Gasteiger partial charge on any atom is -0.368 e. The van der Waals surface area contributed by atoms with Crippen LogP contribution in [0.4, 0.5) is 15.2 Å². The van der Waals surface area contributed by atoms with Crippen molar-refractivity contribution in [2.24, 2.45) is 0 Å². The second-order valence-corrected chi connectivity index (χ2v) is 10.9. The van der Waals surface area contributed by atoms with E-state index in [0.717, 1.165) is 11.9 Å². The van der Waals surface area contributed by atoms with Crippen LogP contribution in [0, 0.1) is 5.82 Å². The highest BCUT2D eigenvalue weighted by molar-refractivity contribution is 7.90. The van der Waals surface area contributed by atoms with Crippen molar-refractivity contribution in [1.82, 2.24) is 9.88 Å². The van der Waals surface area contributed by atoms with Crippen molar-refractivity contribution < 1.29 is 22.4 Å². The standard InChI is InChI=1S/C22H23FN4O4S2/c1-33(30,31)17-6-7-18-19(14-17)32-22(24-18)25-20(28)8-9-21(29)27-12-10-26(11-13-27)16-4-2-15(23)3-5-16/h2-7,14H,8-13H2,1H3,(H,24,25,28). The summed E-state index contributed by atoms with van der Waals surface area (Å²) in [7, 11) is -3.33. The smallest absolute Gasteiger partial charge is 0.226 e. The van der Waals surface area contributed by atoms with Crippen molar-refractivity contribution in [3.8, 4) is 0 Å². The zero-order valence-electron chi connectivity index (χ0n) is 18.0. The van der Waals surface area contributed by atoms with Gasteiger partial charge in [-0.25, -0.2) is 17.8 Å². The molecule has 0 unspecified atom stereocenters. The number of carbonyl (C=O) groups is 2. The summed E-state index contributed by atoms with van der Waals surface area (Å²) < 4.78 is 37.2. The van der Waals surface area contributed by atoms with Gasteiger partial charge in [-0.2, -0.15) is 0 Å². The van der Waals surface area contributed by atoms with Crippen molar-refractivity contribution in [3.05, 3.63) is 48.3 Å². The number of hydrogen-bond acceptors (Lipinski definition) is 7. The summed E-state index contributed by atoms with van der Waals surface area (Å²) in [5.41, 5.74) is 1.51. The highest BCUT2D eigenvalue weighted by Crippen LogP contribution is 2.28. The third-order valence-corrected chi connectivity index (χ3v) is 7.47. The molecule has 1 aromatic heterocycles. The molecule has 8 nitrogen and oxygen atoms in total. The van der Waals surface area contributed by atoms with E-state index in [-0.39, 0.29) is 35.4 Å². The number of anilines is 2. The molecule has 0 bridgehead atoms. The number of carbonyl (C=O) groups excluding carboxylic acids is 2. The Bertz CT molecular complexity index is 1280. The minimum atomic E-state index is -3.33. The minimum absolute atomic E-state index is 0.0293. The number of piperazine rings is 1. The zero-order valence-corrected chi connectivity index (χ0v) is 19.6. The van der Waals surface area contributed by atoms with Gasteiger partial charge in [-0.05, 0) is 42.5 Å². The third-order valence-electron chi connectivity index (χ3n) is 5.42. The fourth-order valence-electron chi connectivity index (χ4n) is 3.62. The van der Waals surface area contributed by atoms with E-state index in [4.69, 9.17) is 0 Å². The number of hydrogen-bond donors (Lipinski definition) is 1. The van der Waals surface area contributed by atoms with Crippen molar-refractivity contribution in [2.75, 3.05) is 42.7 Å². The van der Waals surface area contributed by atoms with Crippen LogP contribution in [0.5, 0.6) is 0 Å². The maximum atomic E-state index is 13.1. The predicted molar refractivity (Wildman–Crippen MR) is 126 cm³/mol. The van der Waals surface area contributed by atoms with E-state index in [1.807, 2.05) is 0 Å². The summed E-state index contributed by atoms with van der Waals surface area (Å²) in [5, 5.41) is 3.05. The van der Waals surface area contributed by atoms with Crippen LogP contribution in [0.2, 0.25) is 0 Å². The van der Waals surface area contributed by atoms with Crippen LogP contribution in [-0.2, 0) is 19.4 Å². The number of fused-ring (bicyclic) bond motifs is 1.